The minimum Gasteiger partial charge on any atom is -0.396 e. The quantitative estimate of drug-likeness (QED) is 0.862. The molecule has 88 valence electrons. The number of anilines is 1. The number of hydrogen-bond donors (Lipinski definition) is 1. The Bertz CT molecular complexity index is 378. The zero-order valence-corrected chi connectivity index (χ0v) is 9.91. The van der Waals surface area contributed by atoms with Gasteiger partial charge in [-0.1, -0.05) is 0 Å². The van der Waals surface area contributed by atoms with Crippen molar-refractivity contribution < 1.29 is 8.95 Å². The van der Waals surface area contributed by atoms with Crippen molar-refractivity contribution in [2.75, 3.05) is 24.7 Å². The highest BCUT2D eigenvalue weighted by atomic mass is 32.2. The number of pyridine rings is 1. The third-order valence-electron chi connectivity index (χ3n) is 2.74. The fourth-order valence-corrected chi connectivity index (χ4v) is 3.23. The molecule has 1 aliphatic heterocycles. The lowest BCUT2D eigenvalue weighted by molar-refractivity contribution is 0.0725. The number of nitrogens with zero attached hydrogens (tertiary/aromatic N) is 1. The molecule has 1 aliphatic rings. The van der Waals surface area contributed by atoms with Gasteiger partial charge in [-0.15, -0.1) is 0 Å². The van der Waals surface area contributed by atoms with Crippen LogP contribution in [0.4, 0.5) is 5.69 Å². The van der Waals surface area contributed by atoms with E-state index >= 15 is 0 Å². The van der Waals surface area contributed by atoms with Crippen LogP contribution in [0.15, 0.2) is 23.4 Å². The fraction of sp³-hybridized carbons (Fsp3) is 0.545. The molecule has 1 saturated heterocycles. The highest BCUT2D eigenvalue weighted by molar-refractivity contribution is 7.85. The summed E-state index contributed by atoms with van der Waals surface area (Å²) in [6.45, 7) is 1.55. The largest absolute Gasteiger partial charge is 0.396 e. The topological polar surface area (TPSA) is 65.2 Å². The van der Waals surface area contributed by atoms with Crippen LogP contribution in [0.3, 0.4) is 0 Å². The molecule has 1 aromatic rings. The van der Waals surface area contributed by atoms with Crippen molar-refractivity contribution in [3.8, 4) is 0 Å². The molecule has 0 aliphatic carbocycles. The van der Waals surface area contributed by atoms with Crippen LogP contribution in [0.5, 0.6) is 0 Å². The molecule has 2 rings (SSSR count). The van der Waals surface area contributed by atoms with E-state index in [4.69, 9.17) is 10.5 Å². The minimum absolute atomic E-state index is 0.469. The third kappa shape index (κ3) is 2.80. The fourth-order valence-electron chi connectivity index (χ4n) is 1.80. The second-order valence-electron chi connectivity index (χ2n) is 3.97. The molecule has 1 atom stereocenters. The van der Waals surface area contributed by atoms with Crippen LogP contribution in [-0.2, 0) is 15.5 Å². The predicted octanol–water partition coefficient (Wildman–Crippen LogP) is 1.20. The van der Waals surface area contributed by atoms with E-state index in [1.54, 1.807) is 18.3 Å². The molecule has 0 radical (unpaired) electrons. The molecule has 5 heteroatoms. The van der Waals surface area contributed by atoms with Crippen LogP contribution < -0.4 is 5.73 Å². The lowest BCUT2D eigenvalue weighted by Crippen LogP contribution is -2.21. The minimum atomic E-state index is -1.08. The summed E-state index contributed by atoms with van der Waals surface area (Å²) >= 11 is 0. The van der Waals surface area contributed by atoms with Crippen molar-refractivity contribution in [1.82, 2.24) is 4.98 Å². The van der Waals surface area contributed by atoms with E-state index in [1.807, 2.05) is 0 Å². The molecule has 16 heavy (non-hydrogen) atoms. The Kier molecular flexibility index (Phi) is 3.90. The number of nitrogens with two attached hydrogens (primary N) is 1. The average molecular weight is 240 g/mol. The summed E-state index contributed by atoms with van der Waals surface area (Å²) < 4.78 is 17.3. The Morgan fingerprint density at radius 1 is 1.50 bits per heavy atom. The first kappa shape index (κ1) is 11.5. The van der Waals surface area contributed by atoms with Gasteiger partial charge in [-0.2, -0.15) is 0 Å². The van der Waals surface area contributed by atoms with Gasteiger partial charge < -0.3 is 10.5 Å². The van der Waals surface area contributed by atoms with Gasteiger partial charge in [0.1, 0.15) is 5.03 Å². The Morgan fingerprint density at radius 2 is 2.25 bits per heavy atom. The summed E-state index contributed by atoms with van der Waals surface area (Å²) in [7, 11) is -1.08. The van der Waals surface area contributed by atoms with E-state index < -0.39 is 10.8 Å². The molecule has 2 heterocycles. The number of ether oxygens (including phenoxy) is 1. The van der Waals surface area contributed by atoms with Gasteiger partial charge >= 0.3 is 0 Å². The van der Waals surface area contributed by atoms with Crippen LogP contribution in [-0.4, -0.2) is 28.2 Å². The molecule has 1 aromatic heterocycles. The highest BCUT2D eigenvalue weighted by Crippen LogP contribution is 2.20. The predicted molar refractivity (Wildman–Crippen MR) is 63.5 cm³/mol. The first-order valence-corrected chi connectivity index (χ1v) is 6.76. The number of aromatic nitrogens is 1. The summed E-state index contributed by atoms with van der Waals surface area (Å²) in [5, 5.41) is 0.522. The van der Waals surface area contributed by atoms with E-state index in [2.05, 4.69) is 4.98 Å². The maximum atomic E-state index is 12.1. The zero-order valence-electron chi connectivity index (χ0n) is 9.09. The van der Waals surface area contributed by atoms with E-state index in [9.17, 15) is 4.21 Å². The molecular weight excluding hydrogens is 224 g/mol. The molecule has 0 bridgehead atoms. The second-order valence-corrected chi connectivity index (χ2v) is 5.38. The lowest BCUT2D eigenvalue weighted by Gasteiger charge is -2.21. The molecule has 0 aromatic carbocycles. The Morgan fingerprint density at radius 3 is 2.94 bits per heavy atom. The van der Waals surface area contributed by atoms with Crippen molar-refractivity contribution >= 4 is 16.5 Å². The summed E-state index contributed by atoms with van der Waals surface area (Å²) in [6, 6.07) is 3.49. The number of rotatable bonds is 3. The summed E-state index contributed by atoms with van der Waals surface area (Å²) in [5.74, 6) is 1.11. The van der Waals surface area contributed by atoms with Crippen LogP contribution >= 0.6 is 0 Å². The summed E-state index contributed by atoms with van der Waals surface area (Å²) in [4.78, 5) is 4.09. The van der Waals surface area contributed by atoms with Crippen molar-refractivity contribution in [2.45, 2.75) is 17.9 Å². The smallest absolute Gasteiger partial charge is 0.150 e. The standard InChI is InChI=1S/C11H16N2O2S/c12-10-2-1-5-13-11(10)16(14)8-9-3-6-15-7-4-9/h1-2,5,9H,3-4,6-8,12H2. The molecule has 0 saturated carbocycles. The van der Waals surface area contributed by atoms with Crippen LogP contribution in [0, 0.1) is 5.92 Å². The van der Waals surface area contributed by atoms with Gasteiger partial charge in [0.15, 0.2) is 0 Å². The third-order valence-corrected chi connectivity index (χ3v) is 4.29. The van der Waals surface area contributed by atoms with Gasteiger partial charge in [-0.3, -0.25) is 4.21 Å². The van der Waals surface area contributed by atoms with Crippen molar-refractivity contribution in [3.63, 3.8) is 0 Å². The van der Waals surface area contributed by atoms with Gasteiger partial charge in [-0.05, 0) is 30.9 Å². The van der Waals surface area contributed by atoms with Gasteiger partial charge in [-0.25, -0.2) is 4.98 Å². The van der Waals surface area contributed by atoms with Crippen molar-refractivity contribution in [1.29, 1.82) is 0 Å². The number of hydrogen-bond acceptors (Lipinski definition) is 4. The normalized spacial score (nSPS) is 19.5. The van der Waals surface area contributed by atoms with Gasteiger partial charge in [0.05, 0.1) is 16.5 Å². The number of nitrogen functional groups attached to an aromatic ring is 1. The second kappa shape index (κ2) is 5.41. The Hall–Kier alpha value is -0.940. The van der Waals surface area contributed by atoms with E-state index in [-0.39, 0.29) is 0 Å². The van der Waals surface area contributed by atoms with Gasteiger partial charge in [0.25, 0.3) is 0 Å². The molecule has 2 N–H and O–H groups in total. The molecule has 0 spiro atoms. The SMILES string of the molecule is Nc1cccnc1S(=O)CC1CCOCC1. The van der Waals surface area contributed by atoms with Crippen molar-refractivity contribution in [2.24, 2.45) is 5.92 Å². The van der Waals surface area contributed by atoms with Crippen LogP contribution in [0.2, 0.25) is 0 Å². The average Bonchev–Trinajstić information content (AvgIpc) is 2.31. The zero-order chi connectivity index (χ0) is 11.4. The molecule has 1 fully saturated rings. The van der Waals surface area contributed by atoms with E-state index in [0.29, 0.717) is 22.4 Å². The molecule has 1 unspecified atom stereocenters. The first-order chi connectivity index (χ1) is 7.77. The van der Waals surface area contributed by atoms with Gasteiger partial charge in [0.2, 0.25) is 0 Å². The molecular formula is C11H16N2O2S. The highest BCUT2D eigenvalue weighted by Gasteiger charge is 2.19. The van der Waals surface area contributed by atoms with Crippen LogP contribution in [0.1, 0.15) is 12.8 Å². The first-order valence-electron chi connectivity index (χ1n) is 5.44. The van der Waals surface area contributed by atoms with Gasteiger partial charge in [0, 0.05) is 25.2 Å². The molecule has 4 nitrogen and oxygen atoms in total. The Labute approximate surface area is 97.7 Å². The molecule has 0 amide bonds. The summed E-state index contributed by atoms with van der Waals surface area (Å²) in [6.07, 6.45) is 3.60. The maximum Gasteiger partial charge on any atom is 0.150 e. The summed E-state index contributed by atoms with van der Waals surface area (Å²) in [5.41, 5.74) is 6.27. The van der Waals surface area contributed by atoms with Crippen molar-refractivity contribution in [3.05, 3.63) is 18.3 Å². The lowest BCUT2D eigenvalue weighted by atomic mass is 10.0. The van der Waals surface area contributed by atoms with E-state index in [0.717, 1.165) is 26.1 Å². The Balaban J connectivity index is 2.00. The monoisotopic (exact) mass is 240 g/mol. The van der Waals surface area contributed by atoms with Crippen LogP contribution in [0.25, 0.3) is 0 Å². The maximum absolute atomic E-state index is 12.1. The van der Waals surface area contributed by atoms with E-state index in [1.165, 1.54) is 0 Å².